The fourth-order valence-corrected chi connectivity index (χ4v) is 4.85. The maximum Gasteiger partial charge on any atom is 0.421 e. The van der Waals surface area contributed by atoms with Gasteiger partial charge in [-0.3, -0.25) is 9.59 Å². The van der Waals surface area contributed by atoms with Gasteiger partial charge in [0.15, 0.2) is 0 Å². The molecule has 0 radical (unpaired) electrons. The van der Waals surface area contributed by atoms with E-state index < -0.39 is 41.2 Å². The van der Waals surface area contributed by atoms with Crippen LogP contribution in [0.3, 0.4) is 0 Å². The van der Waals surface area contributed by atoms with E-state index >= 15 is 0 Å². The minimum Gasteiger partial charge on any atom is -0.366 e. The van der Waals surface area contributed by atoms with Crippen molar-refractivity contribution < 1.29 is 27.2 Å². The van der Waals surface area contributed by atoms with Crippen molar-refractivity contribution in [1.29, 1.82) is 0 Å². The van der Waals surface area contributed by atoms with Gasteiger partial charge in [0.05, 0.1) is 11.5 Å². The van der Waals surface area contributed by atoms with Crippen molar-refractivity contribution in [3.63, 3.8) is 0 Å². The molecule has 1 saturated carbocycles. The molecule has 2 amide bonds. The molecule has 3 N–H and O–H groups in total. The highest BCUT2D eigenvalue weighted by Crippen LogP contribution is 2.37. The van der Waals surface area contributed by atoms with Crippen molar-refractivity contribution in [1.82, 2.24) is 25.1 Å². The van der Waals surface area contributed by atoms with E-state index in [1.807, 2.05) is 20.9 Å². The second kappa shape index (κ2) is 12.8. The molecule has 2 heterocycles. The SMILES string of the molecule is C.CC(C)NC(=O)[C@H]1CCC[C@H]1Nc1nc(Nc2ccc(C(=O)N3CCN(C)CC3)c(F)c2)ncc1C(F)(F)F. The van der Waals surface area contributed by atoms with Crippen molar-refractivity contribution in [2.45, 2.75) is 58.8 Å². The highest BCUT2D eigenvalue weighted by Gasteiger charge is 2.39. The van der Waals surface area contributed by atoms with Gasteiger partial charge < -0.3 is 25.8 Å². The van der Waals surface area contributed by atoms with Gasteiger partial charge in [0.2, 0.25) is 11.9 Å². The Morgan fingerprint density at radius 1 is 1.10 bits per heavy atom. The number of hydrogen-bond acceptors (Lipinski definition) is 7. The van der Waals surface area contributed by atoms with Gasteiger partial charge in [-0.25, -0.2) is 9.37 Å². The molecule has 1 aromatic carbocycles. The molecule has 2 aromatic rings. The summed E-state index contributed by atoms with van der Waals surface area (Å²) in [5, 5.41) is 8.36. The molecule has 9 nitrogen and oxygen atoms in total. The number of carbonyl (C=O) groups excluding carboxylic acids is 2. The van der Waals surface area contributed by atoms with Crippen molar-refractivity contribution >= 4 is 29.3 Å². The number of rotatable bonds is 7. The topological polar surface area (TPSA) is 102 Å². The Bertz CT molecular complexity index is 1200. The number of carbonyl (C=O) groups is 2. The van der Waals surface area contributed by atoms with Crippen LogP contribution in [-0.2, 0) is 11.0 Å². The standard InChI is InChI=1S/C26H33F4N7O2.CH4/c1-15(2)32-23(38)18-5-4-6-21(18)34-22-19(26(28,29)30)14-31-25(35-22)33-16-7-8-17(20(27)13-16)24(39)37-11-9-36(3)10-12-37;/h7-8,13-15,18,21H,4-6,9-12H2,1-3H3,(H,32,38)(H2,31,33,34,35);1H4/t18-,21+;/m0./s1. The summed E-state index contributed by atoms with van der Waals surface area (Å²) in [6.45, 7) is 6.00. The molecule has 1 aromatic heterocycles. The summed E-state index contributed by atoms with van der Waals surface area (Å²) in [7, 11) is 1.95. The summed E-state index contributed by atoms with van der Waals surface area (Å²) in [5.74, 6) is -2.56. The number of halogens is 4. The van der Waals surface area contributed by atoms with Gasteiger partial charge in [-0.05, 0) is 51.9 Å². The number of alkyl halides is 3. The van der Waals surface area contributed by atoms with E-state index in [1.165, 1.54) is 12.1 Å². The zero-order valence-corrected chi connectivity index (χ0v) is 22.1. The van der Waals surface area contributed by atoms with Crippen LogP contribution >= 0.6 is 0 Å². The average molecular weight is 568 g/mol. The molecule has 40 heavy (non-hydrogen) atoms. The second-order valence-electron chi connectivity index (χ2n) is 10.3. The van der Waals surface area contributed by atoms with Gasteiger partial charge in [0.25, 0.3) is 5.91 Å². The first-order valence-electron chi connectivity index (χ1n) is 13.0. The summed E-state index contributed by atoms with van der Waals surface area (Å²) >= 11 is 0. The largest absolute Gasteiger partial charge is 0.421 e. The number of benzene rings is 1. The van der Waals surface area contributed by atoms with Crippen LogP contribution in [0.25, 0.3) is 0 Å². The van der Waals surface area contributed by atoms with E-state index in [4.69, 9.17) is 0 Å². The third-order valence-electron chi connectivity index (χ3n) is 6.95. The van der Waals surface area contributed by atoms with E-state index in [0.717, 1.165) is 6.07 Å². The molecule has 2 aliphatic rings. The fraction of sp³-hybridized carbons (Fsp3) is 0.556. The maximum atomic E-state index is 14.9. The molecular formula is C27H37F4N7O2. The van der Waals surface area contributed by atoms with Crippen LogP contribution in [0.15, 0.2) is 24.4 Å². The number of nitrogens with one attached hydrogen (secondary N) is 3. The maximum absolute atomic E-state index is 14.9. The first-order valence-corrected chi connectivity index (χ1v) is 13.0. The predicted molar refractivity (Wildman–Crippen MR) is 145 cm³/mol. The molecule has 13 heteroatoms. The normalized spacial score (nSPS) is 19.8. The van der Waals surface area contributed by atoms with Crippen LogP contribution in [0.5, 0.6) is 0 Å². The number of piperazine rings is 1. The van der Waals surface area contributed by atoms with Crippen molar-refractivity contribution in [3.8, 4) is 0 Å². The zero-order valence-electron chi connectivity index (χ0n) is 22.1. The zero-order chi connectivity index (χ0) is 28.3. The molecule has 0 unspecified atom stereocenters. The first-order chi connectivity index (χ1) is 18.4. The van der Waals surface area contributed by atoms with Gasteiger partial charge in [-0.2, -0.15) is 18.2 Å². The Labute approximate surface area is 231 Å². The minimum absolute atomic E-state index is 0. The lowest BCUT2D eigenvalue weighted by molar-refractivity contribution is -0.137. The molecule has 1 aliphatic carbocycles. The van der Waals surface area contributed by atoms with E-state index in [-0.39, 0.29) is 36.6 Å². The van der Waals surface area contributed by atoms with Gasteiger partial charge in [-0.1, -0.05) is 13.8 Å². The van der Waals surface area contributed by atoms with Crippen LogP contribution in [0, 0.1) is 11.7 Å². The highest BCUT2D eigenvalue weighted by atomic mass is 19.4. The Morgan fingerprint density at radius 3 is 2.42 bits per heavy atom. The lowest BCUT2D eigenvalue weighted by atomic mass is 10.0. The number of amides is 2. The van der Waals surface area contributed by atoms with Crippen LogP contribution < -0.4 is 16.0 Å². The average Bonchev–Trinajstić information content (AvgIpc) is 3.31. The smallest absolute Gasteiger partial charge is 0.366 e. The predicted octanol–water partition coefficient (Wildman–Crippen LogP) is 4.51. The molecule has 2 atom stereocenters. The van der Waals surface area contributed by atoms with Crippen LogP contribution in [0.4, 0.5) is 35.0 Å². The van der Waals surface area contributed by atoms with Crippen molar-refractivity contribution in [3.05, 3.63) is 41.3 Å². The quantitative estimate of drug-likeness (QED) is 0.423. The van der Waals surface area contributed by atoms with Crippen LogP contribution in [0.1, 0.15) is 56.5 Å². The monoisotopic (exact) mass is 567 g/mol. The fourth-order valence-electron chi connectivity index (χ4n) is 4.85. The van der Waals surface area contributed by atoms with E-state index in [1.54, 1.807) is 4.90 Å². The molecule has 1 saturated heterocycles. The number of hydrogen-bond donors (Lipinski definition) is 3. The summed E-state index contributed by atoms with van der Waals surface area (Å²) in [5.41, 5.74) is -0.988. The van der Waals surface area contributed by atoms with Gasteiger partial charge >= 0.3 is 6.18 Å². The van der Waals surface area contributed by atoms with Crippen molar-refractivity contribution in [2.24, 2.45) is 5.92 Å². The van der Waals surface area contributed by atoms with E-state index in [9.17, 15) is 27.2 Å². The summed E-state index contributed by atoms with van der Waals surface area (Å²) in [6, 6.07) is 3.23. The van der Waals surface area contributed by atoms with Crippen molar-refractivity contribution in [2.75, 3.05) is 43.9 Å². The van der Waals surface area contributed by atoms with Crippen LogP contribution in [-0.4, -0.2) is 76.9 Å². The number of likely N-dealkylation sites (N-methyl/N-ethyl adjacent to an activating group) is 1. The minimum atomic E-state index is -4.73. The molecular weight excluding hydrogens is 530 g/mol. The Hall–Kier alpha value is -3.48. The number of nitrogens with zero attached hydrogens (tertiary/aromatic N) is 4. The van der Waals surface area contributed by atoms with Crippen LogP contribution in [0.2, 0.25) is 0 Å². The lowest BCUT2D eigenvalue weighted by Crippen LogP contribution is -2.47. The van der Waals surface area contributed by atoms with Gasteiger partial charge in [0, 0.05) is 50.1 Å². The second-order valence-corrected chi connectivity index (χ2v) is 10.3. The third kappa shape index (κ3) is 7.38. The molecule has 4 rings (SSSR count). The number of anilines is 3. The molecule has 2 fully saturated rings. The van der Waals surface area contributed by atoms with Gasteiger partial charge in [0.1, 0.15) is 17.2 Å². The molecule has 0 spiro atoms. The van der Waals surface area contributed by atoms with E-state index in [2.05, 4.69) is 30.8 Å². The third-order valence-corrected chi connectivity index (χ3v) is 6.95. The Balaban J connectivity index is 0.00000441. The first kappa shape index (κ1) is 31.1. The van der Waals surface area contributed by atoms with Gasteiger partial charge in [-0.15, -0.1) is 0 Å². The number of aromatic nitrogens is 2. The Kier molecular flexibility index (Phi) is 9.93. The molecule has 220 valence electrons. The summed E-state index contributed by atoms with van der Waals surface area (Å²) in [6.07, 6.45) is -2.34. The molecule has 1 aliphatic heterocycles. The Morgan fingerprint density at radius 2 is 1.80 bits per heavy atom. The lowest BCUT2D eigenvalue weighted by Gasteiger charge is -2.32. The summed E-state index contributed by atoms with van der Waals surface area (Å²) in [4.78, 5) is 36.8. The summed E-state index contributed by atoms with van der Waals surface area (Å²) < 4.78 is 56.1. The molecule has 0 bridgehead atoms. The highest BCUT2D eigenvalue weighted by molar-refractivity contribution is 5.95. The van der Waals surface area contributed by atoms with E-state index in [0.29, 0.717) is 51.6 Å².